The second-order valence-corrected chi connectivity index (χ2v) is 5.31. The molecule has 0 saturated heterocycles. The molecule has 0 aliphatic rings. The van der Waals surface area contributed by atoms with Gasteiger partial charge in [-0.2, -0.15) is 0 Å². The van der Waals surface area contributed by atoms with Gasteiger partial charge in [-0.3, -0.25) is 4.79 Å². The molecular weight excluding hydrogens is 426 g/mol. The summed E-state index contributed by atoms with van der Waals surface area (Å²) in [5, 5.41) is 8.75. The summed E-state index contributed by atoms with van der Waals surface area (Å²) in [6, 6.07) is 9.10. The molecule has 0 fully saturated rings. The molecule has 2 aromatic rings. The number of aliphatic carboxylic acids is 1. The predicted molar refractivity (Wildman–Crippen MR) is 89.0 cm³/mol. The monoisotopic (exact) mass is 440 g/mol. The first-order valence-electron chi connectivity index (χ1n) is 7.77. The zero-order valence-corrected chi connectivity index (χ0v) is 15.0. The number of halogens is 6. The summed E-state index contributed by atoms with van der Waals surface area (Å²) in [5.74, 6) is -1.98. The van der Waals surface area contributed by atoms with Crippen LogP contribution in [0.2, 0.25) is 0 Å². The minimum Gasteiger partial charge on any atom is -0.479 e. The molecule has 1 atom stereocenters. The highest BCUT2D eigenvalue weighted by Crippen LogP contribution is 2.25. The van der Waals surface area contributed by atoms with Crippen molar-refractivity contribution in [3.63, 3.8) is 0 Å². The van der Waals surface area contributed by atoms with Crippen LogP contribution in [0.15, 0.2) is 48.5 Å². The van der Waals surface area contributed by atoms with E-state index in [2.05, 4.69) is 14.2 Å². The highest BCUT2D eigenvalue weighted by molar-refractivity contribution is 5.75. The maximum Gasteiger partial charge on any atom is 0.573 e. The number of benzene rings is 2. The summed E-state index contributed by atoms with van der Waals surface area (Å²) >= 11 is 0. The Morgan fingerprint density at radius 3 is 1.57 bits per heavy atom. The Morgan fingerprint density at radius 2 is 1.27 bits per heavy atom. The van der Waals surface area contributed by atoms with Gasteiger partial charge < -0.3 is 19.3 Å². The molecule has 0 heterocycles. The van der Waals surface area contributed by atoms with Crippen molar-refractivity contribution in [3.8, 4) is 11.5 Å². The lowest BCUT2D eigenvalue weighted by Gasteiger charge is -2.12. The SMILES string of the molecule is COC(C(=O)O)c1ccc(OC(F)(F)F)cc1.O=Cc1ccc(OC(F)(F)F)cc1. The van der Waals surface area contributed by atoms with E-state index >= 15 is 0 Å². The number of carboxylic acids is 1. The molecule has 0 aliphatic carbocycles. The highest BCUT2D eigenvalue weighted by Gasteiger charge is 2.31. The van der Waals surface area contributed by atoms with Gasteiger partial charge in [0, 0.05) is 12.7 Å². The van der Waals surface area contributed by atoms with Gasteiger partial charge in [0.25, 0.3) is 0 Å². The summed E-state index contributed by atoms with van der Waals surface area (Å²) in [7, 11) is 1.19. The number of rotatable bonds is 6. The van der Waals surface area contributed by atoms with Crippen LogP contribution in [0, 0.1) is 0 Å². The van der Waals surface area contributed by atoms with Gasteiger partial charge in [0.05, 0.1) is 0 Å². The van der Waals surface area contributed by atoms with Crippen molar-refractivity contribution in [1.82, 2.24) is 0 Å². The number of ether oxygens (including phenoxy) is 3. The summed E-state index contributed by atoms with van der Waals surface area (Å²) in [6.07, 6.45) is -10.1. The third-order valence-electron chi connectivity index (χ3n) is 3.13. The Hall–Kier alpha value is -3.28. The van der Waals surface area contributed by atoms with Gasteiger partial charge in [0.2, 0.25) is 0 Å². The smallest absolute Gasteiger partial charge is 0.479 e. The molecule has 0 spiro atoms. The third-order valence-corrected chi connectivity index (χ3v) is 3.13. The molecule has 2 rings (SSSR count). The van der Waals surface area contributed by atoms with Crippen LogP contribution in [0.1, 0.15) is 22.0 Å². The van der Waals surface area contributed by atoms with Crippen molar-refractivity contribution in [2.45, 2.75) is 18.8 Å². The second kappa shape index (κ2) is 10.5. The maximum atomic E-state index is 11.9. The average molecular weight is 440 g/mol. The fourth-order valence-corrected chi connectivity index (χ4v) is 1.97. The van der Waals surface area contributed by atoms with E-state index in [0.29, 0.717) is 11.8 Å². The maximum absolute atomic E-state index is 11.9. The number of carboxylic acid groups (broad SMARTS) is 1. The Kier molecular flexibility index (Phi) is 8.65. The number of methoxy groups -OCH3 is 1. The van der Waals surface area contributed by atoms with Crippen molar-refractivity contribution in [3.05, 3.63) is 59.7 Å². The first-order chi connectivity index (χ1) is 13.8. The number of carbonyl (C=O) groups is 2. The molecule has 6 nitrogen and oxygen atoms in total. The van der Waals surface area contributed by atoms with Crippen LogP contribution in [0.3, 0.4) is 0 Å². The molecule has 12 heteroatoms. The number of carbonyl (C=O) groups excluding carboxylic acids is 1. The Labute approximate surface area is 165 Å². The van der Waals surface area contributed by atoms with Crippen molar-refractivity contribution in [1.29, 1.82) is 0 Å². The van der Waals surface area contributed by atoms with E-state index in [0.717, 1.165) is 24.3 Å². The van der Waals surface area contributed by atoms with E-state index < -0.39 is 30.5 Å². The molecule has 164 valence electrons. The third kappa shape index (κ3) is 9.28. The van der Waals surface area contributed by atoms with E-state index in [1.807, 2.05) is 0 Å². The number of alkyl halides is 6. The summed E-state index contributed by atoms with van der Waals surface area (Å²) in [4.78, 5) is 20.8. The molecule has 30 heavy (non-hydrogen) atoms. The van der Waals surface area contributed by atoms with E-state index in [1.165, 1.54) is 31.4 Å². The molecule has 0 saturated carbocycles. The van der Waals surface area contributed by atoms with Crippen molar-refractivity contribution in [2.75, 3.05) is 7.11 Å². The van der Waals surface area contributed by atoms with Crippen molar-refractivity contribution >= 4 is 12.3 Å². The van der Waals surface area contributed by atoms with E-state index in [4.69, 9.17) is 5.11 Å². The van der Waals surface area contributed by atoms with Crippen LogP contribution < -0.4 is 9.47 Å². The van der Waals surface area contributed by atoms with Crippen LogP contribution in [-0.4, -0.2) is 37.2 Å². The molecule has 0 aliphatic heterocycles. The van der Waals surface area contributed by atoms with E-state index in [-0.39, 0.29) is 11.3 Å². The van der Waals surface area contributed by atoms with Gasteiger partial charge in [-0.1, -0.05) is 12.1 Å². The van der Waals surface area contributed by atoms with E-state index in [9.17, 15) is 35.9 Å². The Morgan fingerprint density at radius 1 is 0.867 bits per heavy atom. The van der Waals surface area contributed by atoms with Gasteiger partial charge >= 0.3 is 18.7 Å². The average Bonchev–Trinajstić information content (AvgIpc) is 2.62. The minimum atomic E-state index is -4.77. The molecule has 2 aromatic carbocycles. The topological polar surface area (TPSA) is 82.1 Å². The van der Waals surface area contributed by atoms with Gasteiger partial charge in [-0.25, -0.2) is 4.79 Å². The Balaban J connectivity index is 0.000000311. The summed E-state index contributed by atoms with van der Waals surface area (Å²) in [5.41, 5.74) is 0.532. The molecule has 1 N–H and O–H groups in total. The van der Waals surface area contributed by atoms with E-state index in [1.54, 1.807) is 0 Å². The zero-order chi connectivity index (χ0) is 22.9. The molecule has 0 radical (unpaired) electrons. The summed E-state index contributed by atoms with van der Waals surface area (Å²) in [6.45, 7) is 0. The summed E-state index contributed by atoms with van der Waals surface area (Å²) < 4.78 is 82.4. The fraction of sp³-hybridized carbons (Fsp3) is 0.222. The Bertz CT molecular complexity index is 815. The number of aldehydes is 1. The molecule has 0 bridgehead atoms. The lowest BCUT2D eigenvalue weighted by atomic mass is 10.1. The van der Waals surface area contributed by atoms with Gasteiger partial charge in [-0.15, -0.1) is 26.3 Å². The lowest BCUT2D eigenvalue weighted by Crippen LogP contribution is -2.17. The zero-order valence-electron chi connectivity index (χ0n) is 15.0. The van der Waals surface area contributed by atoms with Gasteiger partial charge in [-0.05, 0) is 42.0 Å². The quantitative estimate of drug-likeness (QED) is 0.516. The number of hydrogen-bond acceptors (Lipinski definition) is 5. The second-order valence-electron chi connectivity index (χ2n) is 5.31. The van der Waals surface area contributed by atoms with Crippen LogP contribution in [0.5, 0.6) is 11.5 Å². The normalized spacial score (nSPS) is 12.2. The highest BCUT2D eigenvalue weighted by atomic mass is 19.4. The van der Waals surface area contributed by atoms with Gasteiger partial charge in [0.15, 0.2) is 6.10 Å². The van der Waals surface area contributed by atoms with Crippen LogP contribution in [0.25, 0.3) is 0 Å². The van der Waals surface area contributed by atoms with Gasteiger partial charge in [0.1, 0.15) is 17.8 Å². The minimum absolute atomic E-state index is 0.231. The molecular formula is C18H14F6O6. The first kappa shape index (κ1) is 24.8. The van der Waals surface area contributed by atoms with Crippen LogP contribution in [0.4, 0.5) is 26.3 Å². The van der Waals surface area contributed by atoms with Crippen LogP contribution in [-0.2, 0) is 9.53 Å². The fourth-order valence-electron chi connectivity index (χ4n) is 1.97. The number of hydrogen-bond donors (Lipinski definition) is 1. The van der Waals surface area contributed by atoms with Crippen LogP contribution >= 0.6 is 0 Å². The van der Waals surface area contributed by atoms with Crippen molar-refractivity contribution in [2.24, 2.45) is 0 Å². The standard InChI is InChI=1S/C10H9F3O4.C8H5F3O2/c1-16-8(9(14)15)6-2-4-7(5-3-6)17-10(11,12)13;9-8(10,11)13-7-3-1-6(5-12)2-4-7/h2-5,8H,1H3,(H,14,15);1-5H. The largest absolute Gasteiger partial charge is 0.573 e. The predicted octanol–water partition coefficient (Wildman–Crippen LogP) is 4.76. The molecule has 0 amide bonds. The first-order valence-corrected chi connectivity index (χ1v) is 7.77. The lowest BCUT2D eigenvalue weighted by molar-refractivity contribution is -0.275. The molecule has 1 unspecified atom stereocenters. The van der Waals surface area contributed by atoms with Crippen molar-refractivity contribution < 1.29 is 55.2 Å². The molecule has 0 aromatic heterocycles.